The summed E-state index contributed by atoms with van der Waals surface area (Å²) in [6, 6.07) is 5.69. The molecule has 3 rings (SSSR count). The molecule has 2 heterocycles. The van der Waals surface area contributed by atoms with Gasteiger partial charge < -0.3 is 25.1 Å². The van der Waals surface area contributed by atoms with Crippen molar-refractivity contribution in [2.45, 2.75) is 26.4 Å². The largest absolute Gasteiger partial charge is 0.492 e. The molecule has 0 spiro atoms. The van der Waals surface area contributed by atoms with Crippen LogP contribution in [0.15, 0.2) is 18.2 Å². The van der Waals surface area contributed by atoms with E-state index in [1.807, 2.05) is 39.0 Å². The number of aromatic nitrogens is 2. The van der Waals surface area contributed by atoms with Gasteiger partial charge >= 0.3 is 6.09 Å². The number of nitrogens with two attached hydrogens (primary N) is 1. The minimum Gasteiger partial charge on any atom is -0.492 e. The summed E-state index contributed by atoms with van der Waals surface area (Å²) in [6.07, 6.45) is -0.236. The smallest absolute Gasteiger partial charge is 0.410 e. The number of ether oxygens (including phenoxy) is 2. The van der Waals surface area contributed by atoms with Crippen LogP contribution in [-0.2, 0) is 4.74 Å². The number of aromatic amines is 1. The van der Waals surface area contributed by atoms with Crippen molar-refractivity contribution in [1.82, 2.24) is 19.8 Å². The number of hydrogen-bond donors (Lipinski definition) is 2. The number of anilines is 1. The number of amides is 1. The molecule has 1 aromatic carbocycles. The summed E-state index contributed by atoms with van der Waals surface area (Å²) < 4.78 is 11.2. The fraction of sp³-hybridized carbons (Fsp3) is 0.556. The lowest BCUT2D eigenvalue weighted by molar-refractivity contribution is 0.0137. The lowest BCUT2D eigenvalue weighted by atomic mass is 10.2. The Morgan fingerprint density at radius 1 is 1.27 bits per heavy atom. The van der Waals surface area contributed by atoms with E-state index in [1.165, 1.54) is 0 Å². The lowest BCUT2D eigenvalue weighted by Crippen LogP contribution is -2.50. The minimum absolute atomic E-state index is 0.236. The van der Waals surface area contributed by atoms with Crippen LogP contribution in [0.5, 0.6) is 5.75 Å². The van der Waals surface area contributed by atoms with Crippen molar-refractivity contribution in [3.05, 3.63) is 18.2 Å². The molecule has 0 aliphatic carbocycles. The average Bonchev–Trinajstić information content (AvgIpc) is 2.93. The maximum absolute atomic E-state index is 12.1. The molecule has 0 saturated carbocycles. The third-order valence-corrected chi connectivity index (χ3v) is 4.17. The van der Waals surface area contributed by atoms with Gasteiger partial charge in [0.15, 0.2) is 5.95 Å². The van der Waals surface area contributed by atoms with Crippen LogP contribution in [0, 0.1) is 0 Å². The molecule has 1 saturated heterocycles. The summed E-state index contributed by atoms with van der Waals surface area (Å²) in [5, 5.41) is 0. The van der Waals surface area contributed by atoms with Gasteiger partial charge in [0.25, 0.3) is 0 Å². The highest BCUT2D eigenvalue weighted by Gasteiger charge is 2.25. The summed E-state index contributed by atoms with van der Waals surface area (Å²) in [6.45, 7) is 10.0. The Hall–Kier alpha value is -2.48. The fourth-order valence-corrected chi connectivity index (χ4v) is 2.87. The highest BCUT2D eigenvalue weighted by Crippen LogP contribution is 2.19. The first kappa shape index (κ1) is 18.3. The number of fused-ring (bicyclic) bond motifs is 1. The Kier molecular flexibility index (Phi) is 5.22. The number of nitrogen functional groups attached to an aromatic ring is 1. The van der Waals surface area contributed by atoms with E-state index in [4.69, 9.17) is 15.2 Å². The van der Waals surface area contributed by atoms with Gasteiger partial charge in [-0.05, 0) is 32.9 Å². The van der Waals surface area contributed by atoms with Gasteiger partial charge in [0.1, 0.15) is 18.0 Å². The number of piperazine rings is 1. The molecule has 1 aliphatic heterocycles. The number of H-pyrrole nitrogens is 1. The van der Waals surface area contributed by atoms with Gasteiger partial charge in [0.05, 0.1) is 11.0 Å². The average molecular weight is 361 g/mol. The normalized spacial score (nSPS) is 16.0. The molecule has 8 nitrogen and oxygen atoms in total. The third-order valence-electron chi connectivity index (χ3n) is 4.17. The van der Waals surface area contributed by atoms with E-state index in [9.17, 15) is 4.79 Å². The first-order valence-corrected chi connectivity index (χ1v) is 8.88. The molecule has 1 aliphatic rings. The highest BCUT2D eigenvalue weighted by molar-refractivity contribution is 5.78. The number of imidazole rings is 1. The summed E-state index contributed by atoms with van der Waals surface area (Å²) in [4.78, 5) is 23.3. The van der Waals surface area contributed by atoms with Crippen molar-refractivity contribution in [2.24, 2.45) is 0 Å². The van der Waals surface area contributed by atoms with Crippen molar-refractivity contribution in [2.75, 3.05) is 45.1 Å². The molecule has 8 heteroatoms. The summed E-state index contributed by atoms with van der Waals surface area (Å²) in [7, 11) is 0. The molecule has 0 bridgehead atoms. The monoisotopic (exact) mass is 361 g/mol. The second-order valence-corrected chi connectivity index (χ2v) is 7.46. The maximum atomic E-state index is 12.1. The molecule has 0 unspecified atom stereocenters. The fourth-order valence-electron chi connectivity index (χ4n) is 2.87. The molecular formula is C18H27N5O3. The van der Waals surface area contributed by atoms with Gasteiger partial charge in [0, 0.05) is 38.8 Å². The Morgan fingerprint density at radius 2 is 2.00 bits per heavy atom. The number of hydrogen-bond acceptors (Lipinski definition) is 6. The highest BCUT2D eigenvalue weighted by atomic mass is 16.6. The SMILES string of the molecule is CC(C)(C)OC(=O)N1CCN(CCOc2ccc3[nH]c(N)nc3c2)CC1. The van der Waals surface area contributed by atoms with Gasteiger partial charge in [-0.3, -0.25) is 4.90 Å². The van der Waals surface area contributed by atoms with E-state index in [-0.39, 0.29) is 6.09 Å². The van der Waals surface area contributed by atoms with Gasteiger partial charge in [-0.15, -0.1) is 0 Å². The van der Waals surface area contributed by atoms with Crippen molar-refractivity contribution >= 4 is 23.1 Å². The summed E-state index contributed by atoms with van der Waals surface area (Å²) >= 11 is 0. The molecule has 142 valence electrons. The molecule has 1 fully saturated rings. The van der Waals surface area contributed by atoms with Crippen molar-refractivity contribution < 1.29 is 14.3 Å². The van der Waals surface area contributed by atoms with Crippen molar-refractivity contribution in [3.8, 4) is 5.75 Å². The second-order valence-electron chi connectivity index (χ2n) is 7.46. The van der Waals surface area contributed by atoms with Crippen molar-refractivity contribution in [3.63, 3.8) is 0 Å². The maximum Gasteiger partial charge on any atom is 0.410 e. The molecule has 2 aromatic rings. The number of carbonyl (C=O) groups is 1. The molecule has 1 amide bonds. The summed E-state index contributed by atoms with van der Waals surface area (Å²) in [5.41, 5.74) is 6.89. The first-order chi connectivity index (χ1) is 12.3. The zero-order valence-electron chi connectivity index (χ0n) is 15.6. The van der Waals surface area contributed by atoms with Gasteiger partial charge in [-0.1, -0.05) is 0 Å². The Balaban J connectivity index is 1.41. The predicted molar refractivity (Wildman–Crippen MR) is 100 cm³/mol. The molecule has 26 heavy (non-hydrogen) atoms. The quantitative estimate of drug-likeness (QED) is 0.865. The lowest BCUT2D eigenvalue weighted by Gasteiger charge is -2.35. The van der Waals surface area contributed by atoms with Crippen LogP contribution in [0.4, 0.5) is 10.7 Å². The van der Waals surface area contributed by atoms with E-state index in [0.717, 1.165) is 36.4 Å². The van der Waals surface area contributed by atoms with E-state index in [0.29, 0.717) is 25.6 Å². The van der Waals surface area contributed by atoms with Crippen LogP contribution in [0.2, 0.25) is 0 Å². The number of rotatable bonds is 4. The van der Waals surface area contributed by atoms with Crippen LogP contribution in [0.25, 0.3) is 11.0 Å². The van der Waals surface area contributed by atoms with E-state index < -0.39 is 5.60 Å². The number of carbonyl (C=O) groups excluding carboxylic acids is 1. The number of benzene rings is 1. The van der Waals surface area contributed by atoms with Gasteiger partial charge in [0.2, 0.25) is 0 Å². The van der Waals surface area contributed by atoms with Crippen LogP contribution >= 0.6 is 0 Å². The standard InChI is InChI=1S/C18H27N5O3/c1-18(2,3)26-17(24)23-8-6-22(7-9-23)10-11-25-13-4-5-14-15(12-13)21-16(19)20-14/h4-5,12H,6-11H2,1-3H3,(H3,19,20,21). The molecule has 0 atom stereocenters. The zero-order valence-corrected chi connectivity index (χ0v) is 15.6. The van der Waals surface area contributed by atoms with E-state index in [2.05, 4.69) is 14.9 Å². The molecule has 1 aromatic heterocycles. The van der Waals surface area contributed by atoms with Gasteiger partial charge in [-0.2, -0.15) is 0 Å². The van der Waals surface area contributed by atoms with E-state index >= 15 is 0 Å². The van der Waals surface area contributed by atoms with Crippen molar-refractivity contribution in [1.29, 1.82) is 0 Å². The number of nitrogens with one attached hydrogen (secondary N) is 1. The third kappa shape index (κ3) is 4.78. The minimum atomic E-state index is -0.456. The number of nitrogens with zero attached hydrogens (tertiary/aromatic N) is 3. The summed E-state index contributed by atoms with van der Waals surface area (Å²) in [5.74, 6) is 1.18. The second kappa shape index (κ2) is 7.41. The Bertz CT molecular complexity index is 760. The molecule has 3 N–H and O–H groups in total. The molecular weight excluding hydrogens is 334 g/mol. The van der Waals surface area contributed by atoms with E-state index in [1.54, 1.807) is 4.90 Å². The van der Waals surface area contributed by atoms with Crippen LogP contribution < -0.4 is 10.5 Å². The molecule has 0 radical (unpaired) electrons. The first-order valence-electron chi connectivity index (χ1n) is 8.88. The van der Waals surface area contributed by atoms with Crippen LogP contribution in [0.1, 0.15) is 20.8 Å². The topological polar surface area (TPSA) is 96.7 Å². The predicted octanol–water partition coefficient (Wildman–Crippen LogP) is 2.08. The zero-order chi connectivity index (χ0) is 18.7. The Morgan fingerprint density at radius 3 is 2.69 bits per heavy atom. The van der Waals surface area contributed by atoms with Crippen LogP contribution in [0.3, 0.4) is 0 Å². The van der Waals surface area contributed by atoms with Crippen LogP contribution in [-0.4, -0.2) is 70.8 Å². The Labute approximate surface area is 153 Å². The van der Waals surface area contributed by atoms with Gasteiger partial charge in [-0.25, -0.2) is 9.78 Å².